The van der Waals surface area contributed by atoms with Crippen LogP contribution in [0.25, 0.3) is 0 Å². The van der Waals surface area contributed by atoms with Crippen molar-refractivity contribution in [1.29, 1.82) is 0 Å². The van der Waals surface area contributed by atoms with Crippen LogP contribution in [0.2, 0.25) is 6.04 Å². The molecule has 2 rings (SSSR count). The van der Waals surface area contributed by atoms with Crippen molar-refractivity contribution in [1.82, 2.24) is 0 Å². The average molecular weight is 296 g/mol. The summed E-state index contributed by atoms with van der Waals surface area (Å²) >= 11 is 0. The Kier molecular flexibility index (Phi) is 4.89. The van der Waals surface area contributed by atoms with Crippen LogP contribution >= 0.6 is 0 Å². The molecule has 0 unspecified atom stereocenters. The number of phenolic OH excluding ortho intramolecular Hbond substituents is 1. The average Bonchev–Trinajstić information content (AvgIpc) is 2.46. The molecule has 0 amide bonds. The minimum Gasteiger partial charge on any atom is -0.507 e. The second-order valence-electron chi connectivity index (χ2n) is 5.88. The number of rotatable bonds is 4. The van der Waals surface area contributed by atoms with Gasteiger partial charge in [0.05, 0.1) is 9.52 Å². The summed E-state index contributed by atoms with van der Waals surface area (Å²) in [6, 6.07) is 9.91. The highest BCUT2D eigenvalue weighted by Gasteiger charge is 2.09. The van der Waals surface area contributed by atoms with Crippen molar-refractivity contribution in [3.8, 4) is 5.75 Å². The maximum absolute atomic E-state index is 9.98. The van der Waals surface area contributed by atoms with Crippen molar-refractivity contribution >= 4 is 14.7 Å². The second kappa shape index (κ2) is 6.48. The Morgan fingerprint density at radius 3 is 2.33 bits per heavy atom. The Morgan fingerprint density at radius 2 is 1.62 bits per heavy atom. The van der Waals surface area contributed by atoms with E-state index >= 15 is 0 Å². The van der Waals surface area contributed by atoms with Gasteiger partial charge in [0, 0.05) is 0 Å². The smallest absolute Gasteiger partial charge is 0.121 e. The van der Waals surface area contributed by atoms with E-state index in [1.165, 1.54) is 33.5 Å². The van der Waals surface area contributed by atoms with Gasteiger partial charge >= 0.3 is 0 Å². The van der Waals surface area contributed by atoms with E-state index in [1.807, 2.05) is 13.8 Å². The molecule has 2 aromatic carbocycles. The topological polar surface area (TPSA) is 20.2 Å². The fraction of sp³-hybridized carbons (Fsp3) is 0.368. The number of benzene rings is 2. The Bertz CT molecular complexity index is 659. The molecule has 2 radical (unpaired) electrons. The van der Waals surface area contributed by atoms with Crippen molar-refractivity contribution in [3.05, 3.63) is 57.6 Å². The maximum atomic E-state index is 9.98. The van der Waals surface area contributed by atoms with Gasteiger partial charge in [-0.15, -0.1) is 0 Å². The zero-order valence-corrected chi connectivity index (χ0v) is 14.7. The molecule has 0 saturated heterocycles. The predicted octanol–water partition coefficient (Wildman–Crippen LogP) is 3.92. The molecule has 1 N–H and O–H groups in total. The van der Waals surface area contributed by atoms with E-state index in [1.54, 1.807) is 0 Å². The van der Waals surface area contributed by atoms with Crippen LogP contribution in [0.3, 0.4) is 0 Å². The molecule has 21 heavy (non-hydrogen) atoms. The summed E-state index contributed by atoms with van der Waals surface area (Å²) in [5.41, 5.74) is 7.45. The highest BCUT2D eigenvalue weighted by molar-refractivity contribution is 6.54. The van der Waals surface area contributed by atoms with Gasteiger partial charge in [-0.25, -0.2) is 0 Å². The van der Waals surface area contributed by atoms with E-state index in [-0.39, 0.29) is 0 Å². The Hall–Kier alpha value is -1.54. The molecule has 0 aromatic heterocycles. The van der Waals surface area contributed by atoms with Crippen LogP contribution in [0.4, 0.5) is 0 Å². The standard InChI is InChI=1S/C19H24OSi/c1-12-7-6-8-18(14(12)3)21-10-9-17-11-13(2)19(20)16(5)15(17)4/h6-8,11,20H,9-10H2,1-5H3. The van der Waals surface area contributed by atoms with Crippen LogP contribution in [-0.2, 0) is 6.42 Å². The van der Waals surface area contributed by atoms with Crippen LogP contribution in [0, 0.1) is 34.6 Å². The van der Waals surface area contributed by atoms with Crippen molar-refractivity contribution in [2.24, 2.45) is 0 Å². The molecule has 0 atom stereocenters. The summed E-state index contributed by atoms with van der Waals surface area (Å²) in [7, 11) is 0.850. The molecule has 2 heteroatoms. The van der Waals surface area contributed by atoms with Gasteiger partial charge in [-0.05, 0) is 74.4 Å². The molecule has 0 heterocycles. The molecule has 0 aliphatic carbocycles. The van der Waals surface area contributed by atoms with E-state index < -0.39 is 0 Å². The molecular formula is C19H24OSi. The Balaban J connectivity index is 2.09. The number of hydrogen-bond donors (Lipinski definition) is 1. The van der Waals surface area contributed by atoms with Gasteiger partial charge in [0.15, 0.2) is 0 Å². The number of phenols is 1. The van der Waals surface area contributed by atoms with Gasteiger partial charge in [-0.1, -0.05) is 35.5 Å². The van der Waals surface area contributed by atoms with Crippen molar-refractivity contribution in [3.63, 3.8) is 0 Å². The summed E-state index contributed by atoms with van der Waals surface area (Å²) in [5.74, 6) is 0.452. The molecule has 0 spiro atoms. The highest BCUT2D eigenvalue weighted by atomic mass is 28.2. The first kappa shape index (κ1) is 15.8. The van der Waals surface area contributed by atoms with E-state index in [0.29, 0.717) is 5.75 Å². The predicted molar refractivity (Wildman–Crippen MR) is 92.1 cm³/mol. The van der Waals surface area contributed by atoms with E-state index in [9.17, 15) is 5.11 Å². The Morgan fingerprint density at radius 1 is 0.905 bits per heavy atom. The van der Waals surface area contributed by atoms with Gasteiger partial charge in [0.25, 0.3) is 0 Å². The van der Waals surface area contributed by atoms with Crippen LogP contribution in [0.1, 0.15) is 33.4 Å². The monoisotopic (exact) mass is 296 g/mol. The summed E-state index contributed by atoms with van der Waals surface area (Å²) in [5, 5.41) is 11.5. The third-order valence-corrected chi connectivity index (χ3v) is 5.90. The van der Waals surface area contributed by atoms with Gasteiger partial charge in [0.1, 0.15) is 5.75 Å². The van der Waals surface area contributed by atoms with Gasteiger partial charge in [-0.2, -0.15) is 0 Å². The molecule has 1 nitrogen and oxygen atoms in total. The van der Waals surface area contributed by atoms with Gasteiger partial charge in [0.2, 0.25) is 0 Å². The lowest BCUT2D eigenvalue weighted by Crippen LogP contribution is -2.18. The first-order valence-corrected chi connectivity index (χ1v) is 8.71. The maximum Gasteiger partial charge on any atom is 0.121 e. The van der Waals surface area contributed by atoms with Crippen molar-refractivity contribution in [2.75, 3.05) is 0 Å². The first-order valence-electron chi connectivity index (χ1n) is 7.50. The third kappa shape index (κ3) is 3.38. The lowest BCUT2D eigenvalue weighted by molar-refractivity contribution is 0.466. The summed E-state index contributed by atoms with van der Waals surface area (Å²) in [6.45, 7) is 10.5. The molecule has 0 bridgehead atoms. The lowest BCUT2D eigenvalue weighted by atomic mass is 9.97. The van der Waals surface area contributed by atoms with Crippen LogP contribution in [0.15, 0.2) is 24.3 Å². The normalized spacial score (nSPS) is 10.9. The molecule has 110 valence electrons. The van der Waals surface area contributed by atoms with Gasteiger partial charge in [-0.3, -0.25) is 0 Å². The van der Waals surface area contributed by atoms with E-state index in [4.69, 9.17) is 0 Å². The van der Waals surface area contributed by atoms with E-state index in [0.717, 1.165) is 27.1 Å². The van der Waals surface area contributed by atoms with Crippen LogP contribution < -0.4 is 5.19 Å². The van der Waals surface area contributed by atoms with Crippen molar-refractivity contribution < 1.29 is 5.11 Å². The molecule has 2 aromatic rings. The SMILES string of the molecule is Cc1cccc([Si]CCc2cc(C)c(O)c(C)c2C)c1C. The quantitative estimate of drug-likeness (QED) is 0.848. The van der Waals surface area contributed by atoms with Gasteiger partial charge < -0.3 is 5.11 Å². The minimum atomic E-state index is 0.452. The van der Waals surface area contributed by atoms with E-state index in [2.05, 4.69) is 45.0 Å². The first-order chi connectivity index (χ1) is 9.91. The third-order valence-electron chi connectivity index (χ3n) is 4.48. The number of hydrogen-bond acceptors (Lipinski definition) is 1. The molecule has 0 aliphatic heterocycles. The van der Waals surface area contributed by atoms with Crippen LogP contribution in [-0.4, -0.2) is 14.6 Å². The lowest BCUT2D eigenvalue weighted by Gasteiger charge is -2.13. The molecule has 0 aliphatic rings. The summed E-state index contributed by atoms with van der Waals surface area (Å²) in [6.07, 6.45) is 1.08. The summed E-state index contributed by atoms with van der Waals surface area (Å²) < 4.78 is 0. The second-order valence-corrected chi connectivity index (χ2v) is 7.27. The van der Waals surface area contributed by atoms with Crippen molar-refractivity contribution in [2.45, 2.75) is 47.1 Å². The highest BCUT2D eigenvalue weighted by Crippen LogP contribution is 2.28. The molecular weight excluding hydrogens is 272 g/mol. The summed E-state index contributed by atoms with van der Waals surface area (Å²) in [4.78, 5) is 0. The fourth-order valence-corrected chi connectivity index (χ4v) is 4.03. The zero-order valence-electron chi connectivity index (χ0n) is 13.7. The number of aromatic hydroxyl groups is 1. The molecule has 0 saturated carbocycles. The Labute approximate surface area is 130 Å². The minimum absolute atomic E-state index is 0.452. The largest absolute Gasteiger partial charge is 0.507 e. The number of aryl methyl sites for hydroxylation is 3. The molecule has 0 fully saturated rings. The zero-order chi connectivity index (χ0) is 15.6. The van der Waals surface area contributed by atoms with Crippen LogP contribution in [0.5, 0.6) is 5.75 Å². The fourth-order valence-electron chi connectivity index (χ4n) is 2.69.